The number of anilines is 3. The molecule has 0 atom stereocenters. The van der Waals surface area contributed by atoms with Crippen LogP contribution in [0.2, 0.25) is 0 Å². The molecule has 0 spiro atoms. The van der Waals surface area contributed by atoms with Crippen LogP contribution >= 0.6 is 0 Å². The van der Waals surface area contributed by atoms with Gasteiger partial charge in [-0.2, -0.15) is 0 Å². The van der Waals surface area contributed by atoms with Crippen molar-refractivity contribution in [3.63, 3.8) is 0 Å². The van der Waals surface area contributed by atoms with Gasteiger partial charge in [0.2, 0.25) is 0 Å². The predicted octanol–water partition coefficient (Wildman–Crippen LogP) is 3.36. The molecule has 98 valence electrons. The summed E-state index contributed by atoms with van der Waals surface area (Å²) in [5, 5.41) is 0. The lowest BCUT2D eigenvalue weighted by Gasteiger charge is -2.32. The number of ether oxygens (including phenoxy) is 1. The van der Waals surface area contributed by atoms with Gasteiger partial charge in [-0.1, -0.05) is 18.2 Å². The summed E-state index contributed by atoms with van der Waals surface area (Å²) in [6.07, 6.45) is 2.28. The molecule has 0 bridgehead atoms. The van der Waals surface area contributed by atoms with E-state index >= 15 is 0 Å². The molecule has 0 fully saturated rings. The number of nitrogen functional groups attached to an aromatic ring is 1. The molecule has 1 heterocycles. The van der Waals surface area contributed by atoms with E-state index in [4.69, 9.17) is 10.5 Å². The fraction of sp³-hybridized carbons (Fsp3) is 0.250. The van der Waals surface area contributed by atoms with E-state index in [2.05, 4.69) is 29.2 Å². The van der Waals surface area contributed by atoms with Crippen molar-refractivity contribution in [3.05, 3.63) is 48.0 Å². The number of hydrogen-bond acceptors (Lipinski definition) is 3. The Bertz CT molecular complexity index is 595. The molecule has 0 saturated heterocycles. The predicted molar refractivity (Wildman–Crippen MR) is 79.2 cm³/mol. The highest BCUT2D eigenvalue weighted by molar-refractivity contribution is 5.78. The first-order valence-electron chi connectivity index (χ1n) is 6.58. The van der Waals surface area contributed by atoms with Crippen LogP contribution < -0.4 is 15.4 Å². The van der Waals surface area contributed by atoms with Gasteiger partial charge in [0.1, 0.15) is 5.75 Å². The summed E-state index contributed by atoms with van der Waals surface area (Å²) in [7, 11) is 1.68. The van der Waals surface area contributed by atoms with E-state index in [1.165, 1.54) is 11.3 Å². The lowest BCUT2D eigenvalue weighted by atomic mass is 10.0. The largest absolute Gasteiger partial charge is 0.497 e. The lowest BCUT2D eigenvalue weighted by Crippen LogP contribution is -2.25. The number of para-hydroxylation sites is 1. The van der Waals surface area contributed by atoms with Gasteiger partial charge in [0.15, 0.2) is 0 Å². The van der Waals surface area contributed by atoms with Crippen LogP contribution in [0.25, 0.3) is 0 Å². The molecule has 0 aromatic heterocycles. The summed E-state index contributed by atoms with van der Waals surface area (Å²) in [5.41, 5.74) is 10.6. The molecule has 0 unspecified atom stereocenters. The van der Waals surface area contributed by atoms with Crippen LogP contribution in [0.5, 0.6) is 5.75 Å². The summed E-state index contributed by atoms with van der Waals surface area (Å²) < 4.78 is 5.31. The molecule has 3 rings (SSSR count). The summed E-state index contributed by atoms with van der Waals surface area (Å²) in [4.78, 5) is 2.29. The van der Waals surface area contributed by atoms with Crippen molar-refractivity contribution < 1.29 is 4.74 Å². The summed E-state index contributed by atoms with van der Waals surface area (Å²) in [5.74, 6) is 0.840. The molecule has 1 aliphatic heterocycles. The molecule has 0 radical (unpaired) electrons. The zero-order valence-corrected chi connectivity index (χ0v) is 11.1. The molecule has 0 saturated carbocycles. The Balaban J connectivity index is 2.08. The van der Waals surface area contributed by atoms with E-state index in [-0.39, 0.29) is 0 Å². The van der Waals surface area contributed by atoms with Gasteiger partial charge in [-0.05, 0) is 36.6 Å². The maximum absolute atomic E-state index is 6.13. The maximum atomic E-state index is 6.13. The zero-order valence-electron chi connectivity index (χ0n) is 11.1. The van der Waals surface area contributed by atoms with Crippen LogP contribution in [0.3, 0.4) is 0 Å². The molecule has 2 aromatic rings. The molecule has 3 nitrogen and oxygen atoms in total. The van der Waals surface area contributed by atoms with Gasteiger partial charge in [-0.25, -0.2) is 0 Å². The van der Waals surface area contributed by atoms with Crippen molar-refractivity contribution >= 4 is 17.1 Å². The number of aryl methyl sites for hydroxylation is 1. The Hall–Kier alpha value is -2.16. The van der Waals surface area contributed by atoms with Gasteiger partial charge in [0.25, 0.3) is 0 Å². The molecule has 0 aliphatic carbocycles. The van der Waals surface area contributed by atoms with E-state index in [0.717, 1.165) is 36.5 Å². The molecular formula is C16H18N2O. The topological polar surface area (TPSA) is 38.5 Å². The number of fused-ring (bicyclic) bond motifs is 1. The summed E-state index contributed by atoms with van der Waals surface area (Å²) >= 11 is 0. The summed E-state index contributed by atoms with van der Waals surface area (Å²) in [6.45, 7) is 0.994. The average molecular weight is 254 g/mol. The third-order valence-corrected chi connectivity index (χ3v) is 3.64. The number of benzene rings is 2. The average Bonchev–Trinajstić information content (AvgIpc) is 2.47. The number of hydrogen-bond donors (Lipinski definition) is 1. The number of nitrogens with zero attached hydrogens (tertiary/aromatic N) is 1. The van der Waals surface area contributed by atoms with E-state index < -0.39 is 0 Å². The van der Waals surface area contributed by atoms with Gasteiger partial charge < -0.3 is 15.4 Å². The molecule has 0 amide bonds. The fourth-order valence-electron chi connectivity index (χ4n) is 2.67. The Morgan fingerprint density at radius 3 is 2.79 bits per heavy atom. The smallest absolute Gasteiger partial charge is 0.121 e. The van der Waals surface area contributed by atoms with Crippen molar-refractivity contribution in [1.82, 2.24) is 0 Å². The third kappa shape index (κ3) is 2.12. The second-order valence-electron chi connectivity index (χ2n) is 4.81. The van der Waals surface area contributed by atoms with Gasteiger partial charge in [0.05, 0.1) is 18.5 Å². The molecule has 1 aliphatic rings. The zero-order chi connectivity index (χ0) is 13.2. The molecular weight excluding hydrogens is 236 g/mol. The quantitative estimate of drug-likeness (QED) is 0.835. The Labute approximate surface area is 113 Å². The normalized spacial score (nSPS) is 14.1. The molecule has 2 N–H and O–H groups in total. The van der Waals surface area contributed by atoms with E-state index in [1.807, 2.05) is 18.2 Å². The first kappa shape index (κ1) is 11.9. The minimum absolute atomic E-state index is 0.789. The van der Waals surface area contributed by atoms with Gasteiger partial charge in [-0.3, -0.25) is 0 Å². The van der Waals surface area contributed by atoms with Crippen molar-refractivity contribution in [2.45, 2.75) is 12.8 Å². The van der Waals surface area contributed by atoms with Crippen molar-refractivity contribution in [1.29, 1.82) is 0 Å². The van der Waals surface area contributed by atoms with Crippen LogP contribution in [0.4, 0.5) is 17.1 Å². The van der Waals surface area contributed by atoms with Crippen LogP contribution in [-0.2, 0) is 6.42 Å². The Kier molecular flexibility index (Phi) is 3.03. The summed E-state index contributed by atoms with van der Waals surface area (Å²) in [6, 6.07) is 14.3. The maximum Gasteiger partial charge on any atom is 0.121 e. The lowest BCUT2D eigenvalue weighted by molar-refractivity contribution is 0.415. The SMILES string of the molecule is COc1ccc(N)c(N2CCCc3ccccc32)c1. The van der Waals surface area contributed by atoms with E-state index in [1.54, 1.807) is 7.11 Å². The second-order valence-corrected chi connectivity index (χ2v) is 4.81. The van der Waals surface area contributed by atoms with Crippen LogP contribution in [0, 0.1) is 0 Å². The van der Waals surface area contributed by atoms with E-state index in [9.17, 15) is 0 Å². The van der Waals surface area contributed by atoms with Crippen molar-refractivity contribution in [2.75, 3.05) is 24.3 Å². The minimum atomic E-state index is 0.789. The first-order chi connectivity index (χ1) is 9.29. The van der Waals surface area contributed by atoms with E-state index in [0.29, 0.717) is 0 Å². The molecule has 2 aromatic carbocycles. The standard InChI is InChI=1S/C16H18N2O/c1-19-13-8-9-14(17)16(11-13)18-10-4-6-12-5-2-3-7-15(12)18/h2-3,5,7-9,11H,4,6,10,17H2,1H3. The fourth-order valence-corrected chi connectivity index (χ4v) is 2.67. The minimum Gasteiger partial charge on any atom is -0.497 e. The van der Waals surface area contributed by atoms with Crippen molar-refractivity contribution in [2.24, 2.45) is 0 Å². The Morgan fingerprint density at radius 1 is 1.11 bits per heavy atom. The monoisotopic (exact) mass is 254 g/mol. The van der Waals surface area contributed by atoms with Gasteiger partial charge in [0, 0.05) is 18.3 Å². The number of nitrogens with two attached hydrogens (primary N) is 1. The van der Waals surface area contributed by atoms with Crippen LogP contribution in [0.1, 0.15) is 12.0 Å². The Morgan fingerprint density at radius 2 is 1.95 bits per heavy atom. The van der Waals surface area contributed by atoms with Crippen LogP contribution in [0.15, 0.2) is 42.5 Å². The second kappa shape index (κ2) is 4.84. The highest BCUT2D eigenvalue weighted by atomic mass is 16.5. The highest BCUT2D eigenvalue weighted by Crippen LogP contribution is 2.37. The van der Waals surface area contributed by atoms with Crippen LogP contribution in [-0.4, -0.2) is 13.7 Å². The van der Waals surface area contributed by atoms with Gasteiger partial charge >= 0.3 is 0 Å². The highest BCUT2D eigenvalue weighted by Gasteiger charge is 2.19. The molecule has 19 heavy (non-hydrogen) atoms. The number of methoxy groups -OCH3 is 1. The van der Waals surface area contributed by atoms with Crippen molar-refractivity contribution in [3.8, 4) is 5.75 Å². The third-order valence-electron chi connectivity index (χ3n) is 3.64. The molecule has 3 heteroatoms. The van der Waals surface area contributed by atoms with Gasteiger partial charge in [-0.15, -0.1) is 0 Å². The number of rotatable bonds is 2. The first-order valence-corrected chi connectivity index (χ1v) is 6.58.